The van der Waals surface area contributed by atoms with Crippen LogP contribution in [0.4, 0.5) is 0 Å². The Kier molecular flexibility index (Phi) is 12.9. The number of benzene rings is 1. The van der Waals surface area contributed by atoms with Crippen LogP contribution in [-0.4, -0.2) is 64.0 Å². The van der Waals surface area contributed by atoms with Crippen molar-refractivity contribution in [3.63, 3.8) is 0 Å². The highest BCUT2D eigenvalue weighted by atomic mass is 127. The van der Waals surface area contributed by atoms with E-state index in [0.29, 0.717) is 12.4 Å². The zero-order valence-electron chi connectivity index (χ0n) is 17.1. The average Bonchev–Trinajstić information content (AvgIpc) is 2.62. The van der Waals surface area contributed by atoms with Crippen LogP contribution < -0.4 is 10.6 Å². The van der Waals surface area contributed by atoms with Gasteiger partial charge in [-0.25, -0.2) is 8.42 Å². The SMILES string of the molecule is CCN(CC)C(CNC(=NC)NC(C)CCS(C)(=O)=O)c1ccccc1.I. The third-order valence-electron chi connectivity index (χ3n) is 4.43. The second kappa shape index (κ2) is 13.3. The molecule has 0 aliphatic rings. The van der Waals surface area contributed by atoms with Crippen LogP contribution in [0.2, 0.25) is 0 Å². The lowest BCUT2D eigenvalue weighted by Gasteiger charge is -2.31. The summed E-state index contributed by atoms with van der Waals surface area (Å²) in [6.45, 7) is 8.96. The first kappa shape index (κ1) is 26.1. The molecule has 2 unspecified atom stereocenters. The lowest BCUT2D eigenvalue weighted by Crippen LogP contribution is -2.46. The molecule has 0 spiro atoms. The summed E-state index contributed by atoms with van der Waals surface area (Å²) in [6, 6.07) is 10.7. The number of hydrogen-bond donors (Lipinski definition) is 2. The molecule has 0 amide bonds. The van der Waals surface area contributed by atoms with E-state index in [9.17, 15) is 8.42 Å². The molecule has 1 aromatic rings. The zero-order chi connectivity index (χ0) is 19.6. The van der Waals surface area contributed by atoms with E-state index >= 15 is 0 Å². The zero-order valence-corrected chi connectivity index (χ0v) is 20.3. The molecule has 0 bridgehead atoms. The first-order valence-corrected chi connectivity index (χ1v) is 11.3. The van der Waals surface area contributed by atoms with Gasteiger partial charge in [0.2, 0.25) is 0 Å². The molecule has 2 atom stereocenters. The molecule has 1 rings (SSSR count). The summed E-state index contributed by atoms with van der Waals surface area (Å²) < 4.78 is 22.6. The van der Waals surface area contributed by atoms with Crippen LogP contribution >= 0.6 is 24.0 Å². The topological polar surface area (TPSA) is 73.8 Å². The Morgan fingerprint density at radius 3 is 2.26 bits per heavy atom. The molecule has 6 nitrogen and oxygen atoms in total. The van der Waals surface area contributed by atoms with Gasteiger partial charge in [-0.05, 0) is 32.0 Å². The van der Waals surface area contributed by atoms with E-state index in [4.69, 9.17) is 0 Å². The van der Waals surface area contributed by atoms with Gasteiger partial charge in [0.25, 0.3) is 0 Å². The van der Waals surface area contributed by atoms with Gasteiger partial charge < -0.3 is 10.6 Å². The second-order valence-corrected chi connectivity index (χ2v) is 8.82. The number of nitrogens with zero attached hydrogens (tertiary/aromatic N) is 2. The summed E-state index contributed by atoms with van der Waals surface area (Å²) in [7, 11) is -1.22. The fraction of sp³-hybridized carbons (Fsp3) is 0.632. The van der Waals surface area contributed by atoms with Gasteiger partial charge in [-0.2, -0.15) is 0 Å². The number of hydrogen-bond acceptors (Lipinski definition) is 4. The van der Waals surface area contributed by atoms with Gasteiger partial charge in [0, 0.05) is 25.9 Å². The van der Waals surface area contributed by atoms with Crippen molar-refractivity contribution in [2.24, 2.45) is 4.99 Å². The van der Waals surface area contributed by atoms with Gasteiger partial charge in [0.1, 0.15) is 9.84 Å². The summed E-state index contributed by atoms with van der Waals surface area (Å²) in [4.78, 5) is 6.68. The van der Waals surface area contributed by atoms with Crippen LogP contribution in [-0.2, 0) is 9.84 Å². The number of rotatable bonds is 10. The summed E-state index contributed by atoms with van der Waals surface area (Å²) in [5.41, 5.74) is 1.27. The van der Waals surface area contributed by atoms with E-state index in [2.05, 4.69) is 58.6 Å². The molecule has 0 heterocycles. The van der Waals surface area contributed by atoms with Crippen molar-refractivity contribution < 1.29 is 8.42 Å². The maximum absolute atomic E-state index is 11.3. The molecule has 0 aliphatic heterocycles. The Morgan fingerprint density at radius 2 is 1.78 bits per heavy atom. The third kappa shape index (κ3) is 10.3. The second-order valence-electron chi connectivity index (χ2n) is 6.56. The molecule has 8 heteroatoms. The summed E-state index contributed by atoms with van der Waals surface area (Å²) in [5, 5.41) is 6.67. The van der Waals surface area contributed by atoms with Crippen molar-refractivity contribution in [3.05, 3.63) is 35.9 Å². The molecule has 0 aliphatic carbocycles. The van der Waals surface area contributed by atoms with Crippen molar-refractivity contribution in [1.82, 2.24) is 15.5 Å². The predicted molar refractivity (Wildman–Crippen MR) is 126 cm³/mol. The van der Waals surface area contributed by atoms with Gasteiger partial charge in [-0.1, -0.05) is 44.2 Å². The largest absolute Gasteiger partial charge is 0.354 e. The molecular weight excluding hydrogens is 475 g/mol. The van der Waals surface area contributed by atoms with E-state index in [1.165, 1.54) is 11.8 Å². The van der Waals surface area contributed by atoms with E-state index < -0.39 is 9.84 Å². The van der Waals surface area contributed by atoms with Crippen molar-refractivity contribution in [3.8, 4) is 0 Å². The molecule has 0 radical (unpaired) electrons. The summed E-state index contributed by atoms with van der Waals surface area (Å²) in [6.07, 6.45) is 1.82. The van der Waals surface area contributed by atoms with Crippen LogP contribution in [0.3, 0.4) is 0 Å². The Morgan fingerprint density at radius 1 is 1.19 bits per heavy atom. The monoisotopic (exact) mass is 510 g/mol. The number of likely N-dealkylation sites (N-methyl/N-ethyl adjacent to an activating group) is 1. The van der Waals surface area contributed by atoms with E-state index in [1.807, 2.05) is 13.0 Å². The maximum atomic E-state index is 11.3. The molecule has 0 saturated carbocycles. The number of guanidine groups is 1. The average molecular weight is 510 g/mol. The highest BCUT2D eigenvalue weighted by Crippen LogP contribution is 2.19. The van der Waals surface area contributed by atoms with Crippen LogP contribution in [0.25, 0.3) is 0 Å². The van der Waals surface area contributed by atoms with Crippen molar-refractivity contribution in [1.29, 1.82) is 0 Å². The molecule has 0 saturated heterocycles. The van der Waals surface area contributed by atoms with E-state index in [0.717, 1.165) is 19.6 Å². The minimum Gasteiger partial charge on any atom is -0.354 e. The van der Waals surface area contributed by atoms with Gasteiger partial charge in [0.15, 0.2) is 5.96 Å². The number of aliphatic imine (C=N–C) groups is 1. The molecular formula is C19H35IN4O2S. The predicted octanol–water partition coefficient (Wildman–Crippen LogP) is 2.68. The lowest BCUT2D eigenvalue weighted by molar-refractivity contribution is 0.219. The standard InChI is InChI=1S/C19H34N4O2S.HI/c1-6-23(7-2)18(17-11-9-8-10-12-17)15-21-19(20-4)22-16(3)13-14-26(5,24)25;/h8-12,16,18H,6-7,13-15H2,1-5H3,(H2,20,21,22);1H. The van der Waals surface area contributed by atoms with Crippen LogP contribution in [0.5, 0.6) is 0 Å². The van der Waals surface area contributed by atoms with Crippen molar-refractivity contribution in [2.75, 3.05) is 38.7 Å². The van der Waals surface area contributed by atoms with Gasteiger partial charge in [-0.15, -0.1) is 24.0 Å². The highest BCUT2D eigenvalue weighted by molar-refractivity contribution is 14.0. The minimum absolute atomic E-state index is 0. The fourth-order valence-electron chi connectivity index (χ4n) is 2.88. The number of nitrogens with one attached hydrogen (secondary N) is 2. The normalized spacial score (nSPS) is 14.4. The fourth-order valence-corrected chi connectivity index (χ4v) is 3.66. The smallest absolute Gasteiger partial charge is 0.191 e. The van der Waals surface area contributed by atoms with E-state index in [1.54, 1.807) is 7.05 Å². The summed E-state index contributed by atoms with van der Waals surface area (Å²) in [5.74, 6) is 0.864. The molecule has 27 heavy (non-hydrogen) atoms. The first-order chi connectivity index (χ1) is 12.3. The molecule has 0 aromatic heterocycles. The van der Waals surface area contributed by atoms with Crippen LogP contribution in [0.15, 0.2) is 35.3 Å². The molecule has 156 valence electrons. The number of halogens is 1. The molecule has 0 fully saturated rings. The van der Waals surface area contributed by atoms with Gasteiger partial charge in [0.05, 0.1) is 11.8 Å². The van der Waals surface area contributed by atoms with Crippen LogP contribution in [0.1, 0.15) is 38.8 Å². The Labute approximate surface area is 182 Å². The number of sulfone groups is 1. The van der Waals surface area contributed by atoms with E-state index in [-0.39, 0.29) is 41.8 Å². The Hall–Kier alpha value is -0.870. The Balaban J connectivity index is 0.00000676. The minimum atomic E-state index is -2.95. The van der Waals surface area contributed by atoms with Crippen molar-refractivity contribution in [2.45, 2.75) is 39.3 Å². The third-order valence-corrected chi connectivity index (χ3v) is 5.41. The van der Waals surface area contributed by atoms with Gasteiger partial charge in [-0.3, -0.25) is 9.89 Å². The molecule has 1 aromatic carbocycles. The highest BCUT2D eigenvalue weighted by Gasteiger charge is 2.18. The quantitative estimate of drug-likeness (QED) is 0.288. The van der Waals surface area contributed by atoms with Crippen LogP contribution in [0, 0.1) is 0 Å². The van der Waals surface area contributed by atoms with Crippen molar-refractivity contribution >= 4 is 39.8 Å². The lowest BCUT2D eigenvalue weighted by atomic mass is 10.1. The summed E-state index contributed by atoms with van der Waals surface area (Å²) >= 11 is 0. The molecule has 2 N–H and O–H groups in total. The van der Waals surface area contributed by atoms with Gasteiger partial charge >= 0.3 is 0 Å². The Bertz CT molecular complexity index is 649. The maximum Gasteiger partial charge on any atom is 0.191 e. The first-order valence-electron chi connectivity index (χ1n) is 9.24.